The highest BCUT2D eigenvalue weighted by atomic mass is 32.2. The first-order chi connectivity index (χ1) is 7.74. The van der Waals surface area contributed by atoms with E-state index in [9.17, 15) is 0 Å². The second-order valence-corrected chi connectivity index (χ2v) is 4.14. The number of hydrogen-bond acceptors (Lipinski definition) is 5. The van der Waals surface area contributed by atoms with E-state index in [0.29, 0.717) is 0 Å². The smallest absolute Gasteiger partial charge is 0.139 e. The standard InChI is InChI=1S/C11H12N4S/c1-8-13-7-6-11(14-8)15-16-10-4-2-9(12)3-5-10/h2-7H,12H2,1H3,(H,13,14,15). The van der Waals surface area contributed by atoms with Crippen molar-refractivity contribution in [1.29, 1.82) is 0 Å². The molecule has 0 unspecified atom stereocenters. The van der Waals surface area contributed by atoms with Gasteiger partial charge in [-0.25, -0.2) is 9.97 Å². The van der Waals surface area contributed by atoms with E-state index < -0.39 is 0 Å². The molecule has 0 aliphatic heterocycles. The molecule has 3 N–H and O–H groups in total. The summed E-state index contributed by atoms with van der Waals surface area (Å²) in [7, 11) is 0. The monoisotopic (exact) mass is 232 g/mol. The molecule has 0 bridgehead atoms. The highest BCUT2D eigenvalue weighted by molar-refractivity contribution is 8.00. The first-order valence-corrected chi connectivity index (χ1v) is 5.64. The van der Waals surface area contributed by atoms with Gasteiger partial charge in [0, 0.05) is 16.8 Å². The fourth-order valence-electron chi connectivity index (χ4n) is 1.16. The number of aromatic nitrogens is 2. The number of aryl methyl sites for hydroxylation is 1. The Labute approximate surface area is 98.4 Å². The minimum absolute atomic E-state index is 0.753. The van der Waals surface area contributed by atoms with E-state index in [2.05, 4.69) is 14.7 Å². The molecule has 0 radical (unpaired) electrons. The van der Waals surface area contributed by atoms with Crippen LogP contribution >= 0.6 is 11.9 Å². The molecule has 2 aromatic rings. The predicted octanol–water partition coefficient (Wildman–Crippen LogP) is 2.49. The molecule has 0 fully saturated rings. The maximum atomic E-state index is 5.60. The van der Waals surface area contributed by atoms with E-state index in [-0.39, 0.29) is 0 Å². The lowest BCUT2D eigenvalue weighted by atomic mass is 10.3. The molecule has 1 aromatic carbocycles. The van der Waals surface area contributed by atoms with Crippen LogP contribution in [0.3, 0.4) is 0 Å². The van der Waals surface area contributed by atoms with E-state index in [4.69, 9.17) is 5.73 Å². The van der Waals surface area contributed by atoms with Gasteiger partial charge in [0.1, 0.15) is 11.6 Å². The van der Waals surface area contributed by atoms with Crippen LogP contribution in [0.15, 0.2) is 41.4 Å². The highest BCUT2D eigenvalue weighted by Crippen LogP contribution is 2.20. The summed E-state index contributed by atoms with van der Waals surface area (Å²) in [6.07, 6.45) is 1.73. The fourth-order valence-corrected chi connectivity index (χ4v) is 1.77. The first kappa shape index (κ1) is 10.8. The molecule has 16 heavy (non-hydrogen) atoms. The molecule has 1 aromatic heterocycles. The predicted molar refractivity (Wildman–Crippen MR) is 67.1 cm³/mol. The van der Waals surface area contributed by atoms with Gasteiger partial charge in [0.05, 0.1) is 0 Å². The number of anilines is 2. The van der Waals surface area contributed by atoms with E-state index >= 15 is 0 Å². The molecule has 4 nitrogen and oxygen atoms in total. The SMILES string of the molecule is Cc1nccc(NSc2ccc(N)cc2)n1. The average molecular weight is 232 g/mol. The number of hydrogen-bond donors (Lipinski definition) is 2. The van der Waals surface area contributed by atoms with Crippen LogP contribution in [0.5, 0.6) is 0 Å². The van der Waals surface area contributed by atoms with Crippen molar-refractivity contribution in [3.63, 3.8) is 0 Å². The van der Waals surface area contributed by atoms with Gasteiger partial charge in [0.15, 0.2) is 0 Å². The highest BCUT2D eigenvalue weighted by Gasteiger charge is 1.96. The normalized spacial score (nSPS) is 10.1. The Morgan fingerprint density at radius 3 is 2.62 bits per heavy atom. The summed E-state index contributed by atoms with van der Waals surface area (Å²) in [5.74, 6) is 1.55. The maximum Gasteiger partial charge on any atom is 0.139 e. The number of rotatable bonds is 3. The van der Waals surface area contributed by atoms with Gasteiger partial charge in [-0.1, -0.05) is 0 Å². The van der Waals surface area contributed by atoms with Crippen molar-refractivity contribution >= 4 is 23.5 Å². The second-order valence-electron chi connectivity index (χ2n) is 3.26. The summed E-state index contributed by atoms with van der Waals surface area (Å²) in [6.45, 7) is 1.86. The van der Waals surface area contributed by atoms with E-state index in [1.165, 1.54) is 11.9 Å². The topological polar surface area (TPSA) is 63.8 Å². The van der Waals surface area contributed by atoms with E-state index in [1.54, 1.807) is 6.20 Å². The van der Waals surface area contributed by atoms with Crippen molar-refractivity contribution in [2.45, 2.75) is 11.8 Å². The van der Waals surface area contributed by atoms with Gasteiger partial charge in [-0.05, 0) is 49.2 Å². The third-order valence-electron chi connectivity index (χ3n) is 1.93. The molecule has 0 saturated carbocycles. The zero-order valence-corrected chi connectivity index (χ0v) is 9.66. The molecule has 1 heterocycles. The van der Waals surface area contributed by atoms with E-state index in [0.717, 1.165) is 22.2 Å². The Bertz CT molecular complexity index is 470. The Balaban J connectivity index is 1.99. The Kier molecular flexibility index (Phi) is 3.26. The molecule has 0 aliphatic carbocycles. The van der Waals surface area contributed by atoms with Crippen molar-refractivity contribution in [2.24, 2.45) is 0 Å². The summed E-state index contributed by atoms with van der Waals surface area (Å²) in [4.78, 5) is 9.36. The third-order valence-corrected chi connectivity index (χ3v) is 2.75. The number of benzene rings is 1. The Hall–Kier alpha value is -1.75. The zero-order valence-electron chi connectivity index (χ0n) is 8.84. The molecule has 0 saturated heterocycles. The summed E-state index contributed by atoms with van der Waals surface area (Å²) in [5.41, 5.74) is 6.37. The zero-order chi connectivity index (χ0) is 11.4. The van der Waals surface area contributed by atoms with Crippen molar-refractivity contribution in [3.8, 4) is 0 Å². The number of nitrogens with two attached hydrogens (primary N) is 1. The van der Waals surface area contributed by atoms with Crippen molar-refractivity contribution in [1.82, 2.24) is 9.97 Å². The fraction of sp³-hybridized carbons (Fsp3) is 0.0909. The van der Waals surface area contributed by atoms with Gasteiger partial charge < -0.3 is 10.5 Å². The first-order valence-electron chi connectivity index (χ1n) is 4.82. The minimum Gasteiger partial charge on any atom is -0.399 e. The number of nitrogens with zero attached hydrogens (tertiary/aromatic N) is 2. The summed E-state index contributed by atoms with van der Waals surface area (Å²) in [5, 5.41) is 0. The summed E-state index contributed by atoms with van der Waals surface area (Å²) in [6, 6.07) is 9.49. The second kappa shape index (κ2) is 4.85. The van der Waals surface area contributed by atoms with Crippen molar-refractivity contribution in [2.75, 3.05) is 10.5 Å². The average Bonchev–Trinajstić information content (AvgIpc) is 2.28. The van der Waals surface area contributed by atoms with Crippen LogP contribution in [0.25, 0.3) is 0 Å². The van der Waals surface area contributed by atoms with Crippen molar-refractivity contribution in [3.05, 3.63) is 42.4 Å². The van der Waals surface area contributed by atoms with Crippen molar-refractivity contribution < 1.29 is 0 Å². The van der Waals surface area contributed by atoms with Crippen LogP contribution in [0.1, 0.15) is 5.82 Å². The van der Waals surface area contributed by atoms with Crippen LogP contribution in [0, 0.1) is 6.92 Å². The lowest BCUT2D eigenvalue weighted by molar-refractivity contribution is 1.06. The van der Waals surface area contributed by atoms with Crippen LogP contribution in [-0.2, 0) is 0 Å². The third kappa shape index (κ3) is 2.87. The molecule has 0 amide bonds. The van der Waals surface area contributed by atoms with Gasteiger partial charge >= 0.3 is 0 Å². The van der Waals surface area contributed by atoms with Crippen LogP contribution in [0.4, 0.5) is 11.5 Å². The van der Waals surface area contributed by atoms with Gasteiger partial charge in [0.25, 0.3) is 0 Å². The van der Waals surface area contributed by atoms with Gasteiger partial charge in [-0.15, -0.1) is 0 Å². The summed E-state index contributed by atoms with van der Waals surface area (Å²) < 4.78 is 3.15. The largest absolute Gasteiger partial charge is 0.399 e. The number of nitrogen functional groups attached to an aromatic ring is 1. The van der Waals surface area contributed by atoms with Gasteiger partial charge in [0.2, 0.25) is 0 Å². The molecule has 0 atom stereocenters. The van der Waals surface area contributed by atoms with Crippen LogP contribution < -0.4 is 10.5 Å². The Morgan fingerprint density at radius 2 is 1.94 bits per heavy atom. The lowest BCUT2D eigenvalue weighted by Crippen LogP contribution is -1.93. The molecule has 2 rings (SSSR count). The molecule has 5 heteroatoms. The van der Waals surface area contributed by atoms with Gasteiger partial charge in [-0.3, -0.25) is 0 Å². The molecular weight excluding hydrogens is 220 g/mol. The minimum atomic E-state index is 0.753. The molecule has 0 aliphatic rings. The Morgan fingerprint density at radius 1 is 1.19 bits per heavy atom. The molecule has 0 spiro atoms. The number of nitrogens with one attached hydrogen (secondary N) is 1. The van der Waals surface area contributed by atoms with Crippen LogP contribution in [-0.4, -0.2) is 9.97 Å². The molecule has 82 valence electrons. The molecular formula is C11H12N4S. The quantitative estimate of drug-likeness (QED) is 0.628. The van der Waals surface area contributed by atoms with Gasteiger partial charge in [-0.2, -0.15) is 0 Å². The maximum absolute atomic E-state index is 5.60. The summed E-state index contributed by atoms with van der Waals surface area (Å²) >= 11 is 1.50. The van der Waals surface area contributed by atoms with E-state index in [1.807, 2.05) is 37.3 Å². The van der Waals surface area contributed by atoms with Crippen LogP contribution in [0.2, 0.25) is 0 Å². The lowest BCUT2D eigenvalue weighted by Gasteiger charge is -2.04.